The maximum atomic E-state index is 5.15. The van der Waals surface area contributed by atoms with Crippen molar-refractivity contribution >= 4 is 0 Å². The number of ether oxygens (including phenoxy) is 1. The molecular weight excluding hydrogens is 230 g/mol. The molecule has 5 nitrogen and oxygen atoms in total. The second-order valence-corrected chi connectivity index (χ2v) is 5.05. The van der Waals surface area contributed by atoms with Crippen LogP contribution in [0.5, 0.6) is 0 Å². The zero-order valence-corrected chi connectivity index (χ0v) is 11.9. The highest BCUT2D eigenvalue weighted by Crippen LogP contribution is 2.06. The molecule has 5 heteroatoms. The van der Waals surface area contributed by atoms with E-state index in [1.54, 1.807) is 7.11 Å². The first-order valence-electron chi connectivity index (χ1n) is 6.44. The number of hydrogen-bond acceptors (Lipinski definition) is 5. The molecule has 1 N–H and O–H groups in total. The molecule has 1 heterocycles. The summed E-state index contributed by atoms with van der Waals surface area (Å²) in [7, 11) is 3.73. The fourth-order valence-corrected chi connectivity index (χ4v) is 1.66. The number of nitrogens with zero attached hydrogens (tertiary/aromatic N) is 2. The summed E-state index contributed by atoms with van der Waals surface area (Å²) < 4.78 is 10.1. The largest absolute Gasteiger partial charge is 0.377 e. The van der Waals surface area contributed by atoms with Crippen molar-refractivity contribution < 1.29 is 9.26 Å². The quantitative estimate of drug-likeness (QED) is 0.678. The van der Waals surface area contributed by atoms with Gasteiger partial charge in [-0.05, 0) is 19.5 Å². The lowest BCUT2D eigenvalue weighted by molar-refractivity contribution is 0.155. The minimum absolute atomic E-state index is 0.479. The maximum absolute atomic E-state index is 5.15. The first kappa shape index (κ1) is 15.1. The molecule has 0 spiro atoms. The smallest absolute Gasteiger partial charge is 0.162 e. The molecule has 0 aliphatic carbocycles. The third-order valence-corrected chi connectivity index (χ3v) is 2.55. The lowest BCUT2D eigenvalue weighted by Crippen LogP contribution is -2.30. The van der Waals surface area contributed by atoms with Crippen LogP contribution in [0, 0.1) is 5.92 Å². The van der Waals surface area contributed by atoms with E-state index in [4.69, 9.17) is 9.26 Å². The highest BCUT2D eigenvalue weighted by molar-refractivity contribution is 5.04. The van der Waals surface area contributed by atoms with Gasteiger partial charge in [-0.15, -0.1) is 0 Å². The molecule has 0 aliphatic heterocycles. The van der Waals surface area contributed by atoms with Crippen molar-refractivity contribution in [1.29, 1.82) is 0 Å². The number of rotatable bonds is 9. The van der Waals surface area contributed by atoms with Crippen LogP contribution in [0.15, 0.2) is 10.6 Å². The van der Waals surface area contributed by atoms with Crippen molar-refractivity contribution in [2.75, 3.05) is 33.8 Å². The Morgan fingerprint density at radius 2 is 2.28 bits per heavy atom. The van der Waals surface area contributed by atoms with Crippen LogP contribution in [0.4, 0.5) is 0 Å². The molecule has 0 saturated carbocycles. The van der Waals surface area contributed by atoms with E-state index < -0.39 is 0 Å². The molecule has 0 bridgehead atoms. The van der Waals surface area contributed by atoms with Gasteiger partial charge in [0.1, 0.15) is 6.61 Å². The van der Waals surface area contributed by atoms with E-state index in [0.29, 0.717) is 12.5 Å². The van der Waals surface area contributed by atoms with E-state index in [2.05, 4.69) is 36.3 Å². The second kappa shape index (κ2) is 8.24. The van der Waals surface area contributed by atoms with Gasteiger partial charge in [-0.3, -0.25) is 4.90 Å². The standard InChI is InChI=1S/C13H25N3O2/c1-11(2)8-14-5-6-16(3)9-12-7-13(10-17-4)18-15-12/h7,11,14H,5-6,8-10H2,1-4H3. The molecule has 0 aliphatic rings. The molecular formula is C13H25N3O2. The van der Waals surface area contributed by atoms with E-state index in [9.17, 15) is 0 Å². The Labute approximate surface area is 109 Å². The third-order valence-electron chi connectivity index (χ3n) is 2.55. The first-order chi connectivity index (χ1) is 8.61. The zero-order chi connectivity index (χ0) is 13.4. The van der Waals surface area contributed by atoms with Crippen LogP contribution in [0.1, 0.15) is 25.3 Å². The average molecular weight is 255 g/mol. The van der Waals surface area contributed by atoms with E-state index in [1.165, 1.54) is 0 Å². The van der Waals surface area contributed by atoms with Crippen LogP contribution in [0.3, 0.4) is 0 Å². The Morgan fingerprint density at radius 1 is 1.50 bits per heavy atom. The van der Waals surface area contributed by atoms with E-state index in [-0.39, 0.29) is 0 Å². The van der Waals surface area contributed by atoms with Gasteiger partial charge in [0.25, 0.3) is 0 Å². The second-order valence-electron chi connectivity index (χ2n) is 5.05. The van der Waals surface area contributed by atoms with Gasteiger partial charge in [-0.1, -0.05) is 19.0 Å². The van der Waals surface area contributed by atoms with Crippen molar-refractivity contribution in [3.8, 4) is 0 Å². The summed E-state index contributed by atoms with van der Waals surface area (Å²) in [6.07, 6.45) is 0. The van der Waals surface area contributed by atoms with Crippen molar-refractivity contribution in [2.45, 2.75) is 27.0 Å². The van der Waals surface area contributed by atoms with Gasteiger partial charge in [-0.25, -0.2) is 0 Å². The summed E-state index contributed by atoms with van der Waals surface area (Å²) in [5, 5.41) is 7.44. The van der Waals surface area contributed by atoms with Crippen LogP contribution in [-0.4, -0.2) is 43.8 Å². The summed E-state index contributed by atoms with van der Waals surface area (Å²) in [5.74, 6) is 1.47. The molecule has 0 atom stereocenters. The Hall–Kier alpha value is -0.910. The Balaban J connectivity index is 2.20. The summed E-state index contributed by atoms with van der Waals surface area (Å²) in [4.78, 5) is 2.22. The van der Waals surface area contributed by atoms with E-state index >= 15 is 0 Å². The van der Waals surface area contributed by atoms with Crippen LogP contribution >= 0.6 is 0 Å². The third kappa shape index (κ3) is 6.14. The number of nitrogens with one attached hydrogen (secondary N) is 1. The zero-order valence-electron chi connectivity index (χ0n) is 11.9. The van der Waals surface area contributed by atoms with E-state index in [1.807, 2.05) is 6.07 Å². The van der Waals surface area contributed by atoms with Gasteiger partial charge in [0, 0.05) is 32.8 Å². The number of aromatic nitrogens is 1. The van der Waals surface area contributed by atoms with E-state index in [0.717, 1.165) is 37.6 Å². The molecule has 1 aromatic rings. The molecule has 0 saturated heterocycles. The normalized spacial score (nSPS) is 11.7. The fraction of sp³-hybridized carbons (Fsp3) is 0.769. The Kier molecular flexibility index (Phi) is 6.93. The SMILES string of the molecule is COCc1cc(CN(C)CCNCC(C)C)no1. The Morgan fingerprint density at radius 3 is 2.94 bits per heavy atom. The molecule has 0 unspecified atom stereocenters. The van der Waals surface area contributed by atoms with Gasteiger partial charge in [-0.2, -0.15) is 0 Å². The number of methoxy groups -OCH3 is 1. The molecule has 0 fully saturated rings. The van der Waals surface area contributed by atoms with Crippen molar-refractivity contribution in [1.82, 2.24) is 15.4 Å². The summed E-state index contributed by atoms with van der Waals surface area (Å²) in [6.45, 7) is 8.77. The van der Waals surface area contributed by atoms with Gasteiger partial charge >= 0.3 is 0 Å². The van der Waals surface area contributed by atoms with Crippen LogP contribution in [0.25, 0.3) is 0 Å². The molecule has 0 amide bonds. The van der Waals surface area contributed by atoms with Gasteiger partial charge in [0.05, 0.1) is 5.69 Å². The fourth-order valence-electron chi connectivity index (χ4n) is 1.66. The topological polar surface area (TPSA) is 50.5 Å². The highest BCUT2D eigenvalue weighted by Gasteiger charge is 2.06. The molecule has 1 aromatic heterocycles. The number of hydrogen-bond donors (Lipinski definition) is 1. The van der Waals surface area contributed by atoms with Crippen molar-refractivity contribution in [2.24, 2.45) is 5.92 Å². The van der Waals surface area contributed by atoms with Crippen LogP contribution < -0.4 is 5.32 Å². The summed E-state index contributed by atoms with van der Waals surface area (Å²) in [5.41, 5.74) is 0.952. The molecule has 0 radical (unpaired) electrons. The predicted molar refractivity (Wildman–Crippen MR) is 71.3 cm³/mol. The summed E-state index contributed by atoms with van der Waals surface area (Å²) >= 11 is 0. The predicted octanol–water partition coefficient (Wildman–Crippen LogP) is 1.50. The highest BCUT2D eigenvalue weighted by atomic mass is 16.5. The molecule has 18 heavy (non-hydrogen) atoms. The van der Waals surface area contributed by atoms with Gasteiger partial charge in [0.15, 0.2) is 5.76 Å². The Bertz CT molecular complexity index is 326. The number of likely N-dealkylation sites (N-methyl/N-ethyl adjacent to an activating group) is 1. The van der Waals surface area contributed by atoms with Crippen molar-refractivity contribution in [3.63, 3.8) is 0 Å². The molecule has 1 rings (SSSR count). The maximum Gasteiger partial charge on any atom is 0.162 e. The molecule has 104 valence electrons. The average Bonchev–Trinajstić information content (AvgIpc) is 2.72. The van der Waals surface area contributed by atoms with Crippen LogP contribution in [-0.2, 0) is 17.9 Å². The van der Waals surface area contributed by atoms with Crippen molar-refractivity contribution in [3.05, 3.63) is 17.5 Å². The monoisotopic (exact) mass is 255 g/mol. The first-order valence-corrected chi connectivity index (χ1v) is 6.44. The minimum Gasteiger partial charge on any atom is -0.377 e. The summed E-state index contributed by atoms with van der Waals surface area (Å²) in [6, 6.07) is 1.95. The van der Waals surface area contributed by atoms with Gasteiger partial charge in [0.2, 0.25) is 0 Å². The lowest BCUT2D eigenvalue weighted by atomic mass is 10.2. The minimum atomic E-state index is 0.479. The molecule has 0 aromatic carbocycles. The van der Waals surface area contributed by atoms with Crippen LogP contribution in [0.2, 0.25) is 0 Å². The van der Waals surface area contributed by atoms with Gasteiger partial charge < -0.3 is 14.6 Å². The lowest BCUT2D eigenvalue weighted by Gasteiger charge is -2.15.